The maximum Gasteiger partial charge on any atom is 0.103 e. The summed E-state index contributed by atoms with van der Waals surface area (Å²) in [5.74, 6) is 1.24. The summed E-state index contributed by atoms with van der Waals surface area (Å²) in [6.45, 7) is 8.38. The highest BCUT2D eigenvalue weighted by molar-refractivity contribution is 5.02. The normalized spacial score (nSPS) is 37.4. The molecular weight excluding hydrogens is 291 g/mol. The molecule has 0 aromatic heterocycles. The Morgan fingerprint density at radius 1 is 1.22 bits per heavy atom. The maximum absolute atomic E-state index is 14.6. The molecule has 2 rings (SSSR count). The Bertz CT molecular complexity index is 382. The van der Waals surface area contributed by atoms with Crippen LogP contribution >= 0.6 is 0 Å². The SMILES string of the molecule is CCC(O)(CC)C[C@@H](F)C[C@@H](C)[C@H]1CC[C@H]2[C@@H](O)CCC[C@]12C. The number of alkyl halides is 1. The highest BCUT2D eigenvalue weighted by Gasteiger charge is 2.52. The lowest BCUT2D eigenvalue weighted by atomic mass is 9.61. The lowest BCUT2D eigenvalue weighted by Crippen LogP contribution is -2.42. The second-order valence-electron chi connectivity index (χ2n) is 8.70. The van der Waals surface area contributed by atoms with Gasteiger partial charge in [0.15, 0.2) is 0 Å². The number of hydrogen-bond donors (Lipinski definition) is 2. The fraction of sp³-hybridized carbons (Fsp3) is 1.00. The summed E-state index contributed by atoms with van der Waals surface area (Å²) in [5, 5.41) is 20.7. The van der Waals surface area contributed by atoms with E-state index in [9.17, 15) is 14.6 Å². The van der Waals surface area contributed by atoms with Crippen LogP contribution in [0.1, 0.15) is 85.5 Å². The number of hydrogen-bond acceptors (Lipinski definition) is 2. The number of halogens is 1. The molecule has 0 aliphatic heterocycles. The van der Waals surface area contributed by atoms with Crippen molar-refractivity contribution in [2.45, 2.75) is 103 Å². The van der Waals surface area contributed by atoms with E-state index in [2.05, 4.69) is 13.8 Å². The molecule has 0 aromatic rings. The minimum Gasteiger partial charge on any atom is -0.393 e. The van der Waals surface area contributed by atoms with Gasteiger partial charge in [0.25, 0.3) is 0 Å². The third kappa shape index (κ3) is 3.92. The molecule has 2 nitrogen and oxygen atoms in total. The van der Waals surface area contributed by atoms with Gasteiger partial charge in [-0.15, -0.1) is 0 Å². The first kappa shape index (κ1) is 19.2. The van der Waals surface area contributed by atoms with Crippen molar-refractivity contribution >= 4 is 0 Å². The van der Waals surface area contributed by atoms with Crippen LogP contribution in [0.4, 0.5) is 4.39 Å². The largest absolute Gasteiger partial charge is 0.393 e. The molecule has 2 aliphatic carbocycles. The molecule has 0 saturated heterocycles. The van der Waals surface area contributed by atoms with Gasteiger partial charge in [-0.2, -0.15) is 0 Å². The van der Waals surface area contributed by atoms with Gasteiger partial charge in [-0.25, -0.2) is 4.39 Å². The number of aliphatic hydroxyl groups excluding tert-OH is 1. The molecular formula is C20H37FO2. The van der Waals surface area contributed by atoms with Crippen molar-refractivity contribution in [1.29, 1.82) is 0 Å². The molecule has 6 atom stereocenters. The van der Waals surface area contributed by atoms with Gasteiger partial charge in [-0.3, -0.25) is 0 Å². The van der Waals surface area contributed by atoms with Gasteiger partial charge in [0.05, 0.1) is 11.7 Å². The summed E-state index contributed by atoms with van der Waals surface area (Å²) >= 11 is 0. The number of aliphatic hydroxyl groups is 2. The van der Waals surface area contributed by atoms with Crippen LogP contribution in [0.5, 0.6) is 0 Å². The van der Waals surface area contributed by atoms with E-state index in [1.807, 2.05) is 13.8 Å². The van der Waals surface area contributed by atoms with Gasteiger partial charge in [-0.05, 0) is 68.1 Å². The fourth-order valence-corrected chi connectivity index (χ4v) is 5.73. The first-order chi connectivity index (χ1) is 10.8. The second kappa shape index (κ2) is 7.39. The summed E-state index contributed by atoms with van der Waals surface area (Å²) in [6.07, 6.45) is 6.40. The van der Waals surface area contributed by atoms with Crippen molar-refractivity contribution in [2.24, 2.45) is 23.2 Å². The maximum atomic E-state index is 14.6. The van der Waals surface area contributed by atoms with Gasteiger partial charge in [-0.1, -0.05) is 34.1 Å². The molecule has 0 heterocycles. The number of rotatable bonds is 7. The second-order valence-corrected chi connectivity index (χ2v) is 8.70. The van der Waals surface area contributed by atoms with Crippen molar-refractivity contribution in [3.8, 4) is 0 Å². The third-order valence-electron chi connectivity index (χ3n) is 7.39. The van der Waals surface area contributed by atoms with Gasteiger partial charge in [0, 0.05) is 6.42 Å². The topological polar surface area (TPSA) is 40.5 Å². The number of fused-ring (bicyclic) bond motifs is 1. The van der Waals surface area contributed by atoms with Crippen molar-refractivity contribution < 1.29 is 14.6 Å². The quantitative estimate of drug-likeness (QED) is 0.700. The summed E-state index contributed by atoms with van der Waals surface area (Å²) in [7, 11) is 0. The zero-order valence-electron chi connectivity index (χ0n) is 15.5. The van der Waals surface area contributed by atoms with Crippen molar-refractivity contribution in [3.63, 3.8) is 0 Å². The minimum atomic E-state index is -0.925. The van der Waals surface area contributed by atoms with E-state index in [1.54, 1.807) is 0 Å². The average molecular weight is 329 g/mol. The van der Waals surface area contributed by atoms with Crippen LogP contribution in [-0.4, -0.2) is 28.1 Å². The molecule has 136 valence electrons. The molecule has 2 fully saturated rings. The third-order valence-corrected chi connectivity index (χ3v) is 7.39. The Morgan fingerprint density at radius 2 is 1.87 bits per heavy atom. The lowest BCUT2D eigenvalue weighted by Gasteiger charge is -2.45. The molecule has 0 bridgehead atoms. The highest BCUT2D eigenvalue weighted by Crippen LogP contribution is 2.58. The van der Waals surface area contributed by atoms with Crippen LogP contribution in [0.15, 0.2) is 0 Å². The molecule has 23 heavy (non-hydrogen) atoms. The summed E-state index contributed by atoms with van der Waals surface area (Å²) < 4.78 is 14.6. The van der Waals surface area contributed by atoms with Gasteiger partial charge in [0.2, 0.25) is 0 Å². The van der Waals surface area contributed by atoms with E-state index in [4.69, 9.17) is 0 Å². The van der Waals surface area contributed by atoms with Crippen LogP contribution in [0.25, 0.3) is 0 Å². The molecule has 0 amide bonds. The fourth-order valence-electron chi connectivity index (χ4n) is 5.73. The lowest BCUT2D eigenvalue weighted by molar-refractivity contribution is -0.0341. The summed E-state index contributed by atoms with van der Waals surface area (Å²) in [6, 6.07) is 0. The zero-order chi connectivity index (χ0) is 17.3. The van der Waals surface area contributed by atoms with Crippen LogP contribution in [-0.2, 0) is 0 Å². The first-order valence-electron chi connectivity index (χ1n) is 9.80. The molecule has 0 aromatic carbocycles. The summed E-state index contributed by atoms with van der Waals surface area (Å²) in [5.41, 5.74) is -0.662. The van der Waals surface area contributed by atoms with E-state index >= 15 is 0 Å². The van der Waals surface area contributed by atoms with E-state index in [0.717, 1.165) is 25.7 Å². The molecule has 2 aliphatic rings. The Balaban J connectivity index is 1.97. The van der Waals surface area contributed by atoms with E-state index in [1.165, 1.54) is 6.42 Å². The van der Waals surface area contributed by atoms with Crippen molar-refractivity contribution in [3.05, 3.63) is 0 Å². The van der Waals surface area contributed by atoms with Crippen molar-refractivity contribution in [1.82, 2.24) is 0 Å². The van der Waals surface area contributed by atoms with E-state index in [0.29, 0.717) is 37.0 Å². The van der Waals surface area contributed by atoms with Crippen LogP contribution in [0, 0.1) is 23.2 Å². The Kier molecular flexibility index (Phi) is 6.16. The Hall–Kier alpha value is -0.150. The highest BCUT2D eigenvalue weighted by atomic mass is 19.1. The molecule has 2 saturated carbocycles. The monoisotopic (exact) mass is 328 g/mol. The average Bonchev–Trinajstić information content (AvgIpc) is 2.85. The molecule has 0 unspecified atom stereocenters. The first-order valence-corrected chi connectivity index (χ1v) is 9.80. The standard InChI is InChI=1S/C20H37FO2/c1-5-20(23,6-2)13-15(21)12-14(3)16-9-10-17-18(22)8-7-11-19(16,17)4/h14-18,22-23H,5-13H2,1-4H3/t14-,15+,16-,17+,18+,19-/m1/s1. The zero-order valence-corrected chi connectivity index (χ0v) is 15.5. The molecule has 0 spiro atoms. The van der Waals surface area contributed by atoms with E-state index < -0.39 is 11.8 Å². The smallest absolute Gasteiger partial charge is 0.103 e. The van der Waals surface area contributed by atoms with E-state index in [-0.39, 0.29) is 17.9 Å². The Labute approximate surface area is 141 Å². The predicted octanol–water partition coefficient (Wildman–Crippen LogP) is 4.87. The van der Waals surface area contributed by atoms with Gasteiger partial charge in [0.1, 0.15) is 6.17 Å². The van der Waals surface area contributed by atoms with Crippen LogP contribution < -0.4 is 0 Å². The van der Waals surface area contributed by atoms with Crippen molar-refractivity contribution in [2.75, 3.05) is 0 Å². The van der Waals surface area contributed by atoms with Gasteiger partial charge < -0.3 is 10.2 Å². The molecule has 3 heteroatoms. The summed E-state index contributed by atoms with van der Waals surface area (Å²) in [4.78, 5) is 0. The molecule has 2 N–H and O–H groups in total. The molecule has 0 radical (unpaired) electrons. The van der Waals surface area contributed by atoms with Crippen LogP contribution in [0.2, 0.25) is 0 Å². The van der Waals surface area contributed by atoms with Crippen LogP contribution in [0.3, 0.4) is 0 Å². The minimum absolute atomic E-state index is 0.155. The predicted molar refractivity (Wildman–Crippen MR) is 93.0 cm³/mol. The Morgan fingerprint density at radius 3 is 2.48 bits per heavy atom. The van der Waals surface area contributed by atoms with Gasteiger partial charge >= 0.3 is 0 Å².